The van der Waals surface area contributed by atoms with Crippen molar-refractivity contribution in [3.63, 3.8) is 0 Å². The number of rotatable bonds is 4. The van der Waals surface area contributed by atoms with Gasteiger partial charge in [-0.3, -0.25) is 4.79 Å². The molecule has 4 nitrogen and oxygen atoms in total. The highest BCUT2D eigenvalue weighted by atomic mass is 35.5. The van der Waals surface area contributed by atoms with E-state index in [1.807, 2.05) is 6.07 Å². The van der Waals surface area contributed by atoms with Gasteiger partial charge in [0.05, 0.1) is 21.4 Å². The predicted octanol–water partition coefficient (Wildman–Crippen LogP) is 5.10. The second-order valence-electron chi connectivity index (χ2n) is 4.37. The van der Waals surface area contributed by atoms with Crippen LogP contribution in [-0.2, 0) is 4.79 Å². The van der Waals surface area contributed by atoms with Crippen LogP contribution in [0.2, 0.25) is 15.1 Å². The Labute approximate surface area is 148 Å². The molecule has 1 amide bonds. The van der Waals surface area contributed by atoms with Crippen molar-refractivity contribution >= 4 is 52.1 Å². The van der Waals surface area contributed by atoms with Crippen molar-refractivity contribution in [1.82, 2.24) is 0 Å². The molecule has 0 saturated heterocycles. The number of hydrogen-bond acceptors (Lipinski definition) is 3. The molecule has 23 heavy (non-hydrogen) atoms. The van der Waals surface area contributed by atoms with Crippen LogP contribution in [0.5, 0.6) is 0 Å². The fourth-order valence-corrected chi connectivity index (χ4v) is 2.19. The van der Waals surface area contributed by atoms with E-state index in [-0.39, 0.29) is 5.57 Å². The molecule has 0 bridgehead atoms. The Balaban J connectivity index is 2.16. The van der Waals surface area contributed by atoms with Gasteiger partial charge in [-0.15, -0.1) is 0 Å². The van der Waals surface area contributed by atoms with E-state index in [9.17, 15) is 4.79 Å². The van der Waals surface area contributed by atoms with Crippen LogP contribution in [0.4, 0.5) is 11.4 Å². The van der Waals surface area contributed by atoms with E-state index in [2.05, 4.69) is 10.6 Å². The molecule has 2 rings (SSSR count). The highest BCUT2D eigenvalue weighted by Gasteiger charge is 2.11. The number of carbonyl (C=O) groups is 1. The number of nitrogens with zero attached hydrogens (tertiary/aromatic N) is 1. The fraction of sp³-hybridized carbons (Fsp3) is 0. The average molecular weight is 367 g/mol. The van der Waals surface area contributed by atoms with E-state index in [1.54, 1.807) is 42.5 Å². The monoisotopic (exact) mass is 365 g/mol. The summed E-state index contributed by atoms with van der Waals surface area (Å²) >= 11 is 17.8. The summed E-state index contributed by atoms with van der Waals surface area (Å²) in [5.41, 5.74) is 0.763. The van der Waals surface area contributed by atoms with Gasteiger partial charge in [0, 0.05) is 11.2 Å². The smallest absolute Gasteiger partial charge is 0.267 e. The molecular formula is C16H10Cl3N3O. The van der Waals surface area contributed by atoms with E-state index in [4.69, 9.17) is 40.1 Å². The van der Waals surface area contributed by atoms with Crippen molar-refractivity contribution < 1.29 is 4.79 Å². The molecule has 0 saturated carbocycles. The highest BCUT2D eigenvalue weighted by molar-refractivity contribution is 6.35. The zero-order valence-electron chi connectivity index (χ0n) is 11.6. The van der Waals surface area contributed by atoms with Gasteiger partial charge in [0.25, 0.3) is 5.91 Å². The Morgan fingerprint density at radius 2 is 1.74 bits per heavy atom. The quantitative estimate of drug-likeness (QED) is 0.584. The summed E-state index contributed by atoms with van der Waals surface area (Å²) < 4.78 is 0. The van der Waals surface area contributed by atoms with Crippen molar-refractivity contribution in [3.8, 4) is 6.07 Å². The van der Waals surface area contributed by atoms with Gasteiger partial charge in [0.1, 0.15) is 11.6 Å². The molecule has 0 spiro atoms. The Morgan fingerprint density at radius 1 is 1.04 bits per heavy atom. The molecule has 2 aromatic carbocycles. The minimum atomic E-state index is -0.591. The van der Waals surface area contributed by atoms with Gasteiger partial charge < -0.3 is 10.6 Å². The molecule has 0 aromatic heterocycles. The first-order chi connectivity index (χ1) is 11.0. The van der Waals surface area contributed by atoms with Crippen LogP contribution in [-0.4, -0.2) is 5.91 Å². The molecule has 2 N–H and O–H groups in total. The van der Waals surface area contributed by atoms with Gasteiger partial charge in [0.15, 0.2) is 0 Å². The summed E-state index contributed by atoms with van der Waals surface area (Å²) in [6.45, 7) is 0. The maximum atomic E-state index is 12.1. The molecule has 116 valence electrons. The van der Waals surface area contributed by atoms with Crippen molar-refractivity contribution in [1.29, 1.82) is 5.26 Å². The third-order valence-electron chi connectivity index (χ3n) is 2.79. The van der Waals surface area contributed by atoms with E-state index in [0.717, 1.165) is 0 Å². The number of benzene rings is 2. The fourth-order valence-electron chi connectivity index (χ4n) is 1.66. The van der Waals surface area contributed by atoms with Crippen molar-refractivity contribution in [2.24, 2.45) is 0 Å². The molecule has 0 heterocycles. The lowest BCUT2D eigenvalue weighted by Gasteiger charge is -2.07. The SMILES string of the molecule is N#C/C(=C/Nc1cc(Cl)ccc1Cl)C(=O)Nc1ccccc1Cl. The topological polar surface area (TPSA) is 64.9 Å². The molecule has 2 aromatic rings. The average Bonchev–Trinajstić information content (AvgIpc) is 2.53. The largest absolute Gasteiger partial charge is 0.359 e. The van der Waals surface area contributed by atoms with E-state index in [1.165, 1.54) is 6.20 Å². The van der Waals surface area contributed by atoms with E-state index >= 15 is 0 Å². The van der Waals surface area contributed by atoms with Crippen LogP contribution in [0.25, 0.3) is 0 Å². The van der Waals surface area contributed by atoms with Crippen LogP contribution in [0.15, 0.2) is 54.2 Å². The number of para-hydroxylation sites is 1. The Hall–Kier alpha value is -2.19. The van der Waals surface area contributed by atoms with Crippen LogP contribution in [0.1, 0.15) is 0 Å². The van der Waals surface area contributed by atoms with Crippen LogP contribution in [0, 0.1) is 11.3 Å². The third-order valence-corrected chi connectivity index (χ3v) is 3.68. The van der Waals surface area contributed by atoms with Crippen LogP contribution >= 0.6 is 34.8 Å². The third kappa shape index (κ3) is 4.64. The predicted molar refractivity (Wildman–Crippen MR) is 93.9 cm³/mol. The maximum absolute atomic E-state index is 12.1. The Morgan fingerprint density at radius 3 is 2.43 bits per heavy atom. The lowest BCUT2D eigenvalue weighted by Crippen LogP contribution is -2.14. The summed E-state index contributed by atoms with van der Waals surface area (Å²) in [6, 6.07) is 13.4. The van der Waals surface area contributed by atoms with Gasteiger partial charge in [-0.2, -0.15) is 5.26 Å². The van der Waals surface area contributed by atoms with Gasteiger partial charge in [-0.25, -0.2) is 0 Å². The maximum Gasteiger partial charge on any atom is 0.267 e. The van der Waals surface area contributed by atoms with Crippen LogP contribution in [0.3, 0.4) is 0 Å². The minimum absolute atomic E-state index is 0.138. The number of anilines is 2. The summed E-state index contributed by atoms with van der Waals surface area (Å²) in [6.07, 6.45) is 1.25. The summed E-state index contributed by atoms with van der Waals surface area (Å²) in [5.74, 6) is -0.591. The van der Waals surface area contributed by atoms with Gasteiger partial charge in [-0.05, 0) is 30.3 Å². The molecule has 0 aliphatic heterocycles. The Kier molecular flexibility index (Phi) is 5.89. The summed E-state index contributed by atoms with van der Waals surface area (Å²) in [5, 5.41) is 15.8. The first-order valence-electron chi connectivity index (χ1n) is 6.39. The van der Waals surface area contributed by atoms with E-state index < -0.39 is 5.91 Å². The first-order valence-corrected chi connectivity index (χ1v) is 7.52. The van der Waals surface area contributed by atoms with Crippen molar-refractivity contribution in [3.05, 3.63) is 69.3 Å². The van der Waals surface area contributed by atoms with E-state index in [0.29, 0.717) is 26.4 Å². The molecule has 0 radical (unpaired) electrons. The molecule has 0 aliphatic carbocycles. The van der Waals surface area contributed by atoms with Crippen molar-refractivity contribution in [2.45, 2.75) is 0 Å². The summed E-state index contributed by atoms with van der Waals surface area (Å²) in [4.78, 5) is 12.1. The molecular weight excluding hydrogens is 357 g/mol. The van der Waals surface area contributed by atoms with Crippen molar-refractivity contribution in [2.75, 3.05) is 10.6 Å². The highest BCUT2D eigenvalue weighted by Crippen LogP contribution is 2.26. The lowest BCUT2D eigenvalue weighted by atomic mass is 10.2. The number of carbonyl (C=O) groups excluding carboxylic acids is 1. The first kappa shape index (κ1) is 17.2. The molecule has 0 atom stereocenters. The number of hydrogen-bond donors (Lipinski definition) is 2. The molecule has 0 unspecified atom stereocenters. The number of amides is 1. The van der Waals surface area contributed by atoms with Crippen LogP contribution < -0.4 is 10.6 Å². The number of nitrogens with one attached hydrogen (secondary N) is 2. The minimum Gasteiger partial charge on any atom is -0.359 e. The zero-order chi connectivity index (χ0) is 16.8. The van der Waals surface area contributed by atoms with Gasteiger partial charge >= 0.3 is 0 Å². The van der Waals surface area contributed by atoms with Gasteiger partial charge in [-0.1, -0.05) is 46.9 Å². The number of nitriles is 1. The van der Waals surface area contributed by atoms with Gasteiger partial charge in [0.2, 0.25) is 0 Å². The Bertz CT molecular complexity index is 812. The summed E-state index contributed by atoms with van der Waals surface area (Å²) in [7, 11) is 0. The zero-order valence-corrected chi connectivity index (χ0v) is 13.9. The number of halogens is 3. The second kappa shape index (κ2) is 7.89. The molecule has 0 aliphatic rings. The molecule has 0 fully saturated rings. The standard InChI is InChI=1S/C16H10Cl3N3O/c17-11-5-6-13(19)15(7-11)21-9-10(8-20)16(23)22-14-4-2-1-3-12(14)18/h1-7,9,21H,(H,22,23)/b10-9-. The lowest BCUT2D eigenvalue weighted by molar-refractivity contribution is -0.112. The normalized spacial score (nSPS) is 10.8. The second-order valence-corrected chi connectivity index (χ2v) is 5.62. The molecule has 7 heteroatoms.